The summed E-state index contributed by atoms with van der Waals surface area (Å²) in [5.41, 5.74) is 9.98. The molecule has 0 aliphatic heterocycles. The van der Waals surface area contributed by atoms with Crippen molar-refractivity contribution in [3.63, 3.8) is 0 Å². The van der Waals surface area contributed by atoms with E-state index in [1.807, 2.05) is 19.1 Å². The van der Waals surface area contributed by atoms with Crippen molar-refractivity contribution in [3.8, 4) is 11.4 Å². The SMILES string of the molecule is CCCCOc1cc(/C(N)=N/O)ccc1-n1c(C)cc2c1CC(C)(C)CC2=O. The van der Waals surface area contributed by atoms with Gasteiger partial charge in [0.1, 0.15) is 5.75 Å². The molecule has 1 aliphatic carbocycles. The lowest BCUT2D eigenvalue weighted by Gasteiger charge is -2.30. The van der Waals surface area contributed by atoms with Crippen molar-refractivity contribution >= 4 is 11.6 Å². The Kier molecular flexibility index (Phi) is 5.49. The summed E-state index contributed by atoms with van der Waals surface area (Å²) in [6.45, 7) is 8.95. The van der Waals surface area contributed by atoms with Gasteiger partial charge >= 0.3 is 0 Å². The Hall–Kier alpha value is -2.76. The summed E-state index contributed by atoms with van der Waals surface area (Å²) < 4.78 is 8.18. The molecule has 0 fully saturated rings. The third-order valence-corrected chi connectivity index (χ3v) is 5.23. The lowest BCUT2D eigenvalue weighted by atomic mass is 9.76. The maximum atomic E-state index is 12.7. The van der Waals surface area contributed by atoms with Crippen LogP contribution in [0.4, 0.5) is 0 Å². The normalized spacial score (nSPS) is 16.1. The molecule has 0 atom stereocenters. The third kappa shape index (κ3) is 3.77. The van der Waals surface area contributed by atoms with Gasteiger partial charge in [-0.3, -0.25) is 4.79 Å². The first kappa shape index (κ1) is 20.0. The molecular formula is C22H29N3O3. The number of benzene rings is 1. The van der Waals surface area contributed by atoms with E-state index in [1.165, 1.54) is 0 Å². The Morgan fingerprint density at radius 1 is 1.32 bits per heavy atom. The zero-order chi connectivity index (χ0) is 20.5. The fraction of sp³-hybridized carbons (Fsp3) is 0.455. The zero-order valence-corrected chi connectivity index (χ0v) is 17.1. The predicted molar refractivity (Wildman–Crippen MR) is 110 cm³/mol. The molecule has 0 saturated carbocycles. The van der Waals surface area contributed by atoms with Crippen LogP contribution in [0.25, 0.3) is 5.69 Å². The number of ketones is 1. The molecule has 1 aliphatic rings. The van der Waals surface area contributed by atoms with Crippen LogP contribution in [-0.2, 0) is 6.42 Å². The van der Waals surface area contributed by atoms with Gasteiger partial charge in [-0.15, -0.1) is 0 Å². The van der Waals surface area contributed by atoms with E-state index >= 15 is 0 Å². The van der Waals surface area contributed by atoms with Gasteiger partial charge in [0.05, 0.1) is 12.3 Å². The first-order chi connectivity index (χ1) is 13.3. The molecule has 28 heavy (non-hydrogen) atoms. The van der Waals surface area contributed by atoms with Crippen LogP contribution >= 0.6 is 0 Å². The Bertz CT molecular complexity index is 925. The van der Waals surface area contributed by atoms with Crippen LogP contribution in [0.15, 0.2) is 29.4 Å². The molecule has 1 aromatic heterocycles. The highest BCUT2D eigenvalue weighted by Crippen LogP contribution is 2.39. The first-order valence-electron chi connectivity index (χ1n) is 9.77. The number of aromatic nitrogens is 1. The maximum absolute atomic E-state index is 12.7. The maximum Gasteiger partial charge on any atom is 0.170 e. The second-order valence-corrected chi connectivity index (χ2v) is 8.29. The van der Waals surface area contributed by atoms with Crippen molar-refractivity contribution in [1.82, 2.24) is 4.57 Å². The number of nitrogens with zero attached hydrogens (tertiary/aromatic N) is 2. The number of carbonyl (C=O) groups is 1. The molecule has 0 spiro atoms. The van der Waals surface area contributed by atoms with Crippen molar-refractivity contribution in [2.75, 3.05) is 6.61 Å². The number of hydrogen-bond donors (Lipinski definition) is 2. The highest BCUT2D eigenvalue weighted by molar-refractivity contribution is 5.99. The number of unbranched alkanes of at least 4 members (excludes halogenated alkanes) is 1. The van der Waals surface area contributed by atoms with Crippen molar-refractivity contribution in [1.29, 1.82) is 0 Å². The minimum absolute atomic E-state index is 0.0365. The second-order valence-electron chi connectivity index (χ2n) is 8.29. The number of aryl methyl sites for hydroxylation is 1. The molecule has 6 heteroatoms. The van der Waals surface area contributed by atoms with E-state index in [0.29, 0.717) is 24.3 Å². The lowest BCUT2D eigenvalue weighted by molar-refractivity contribution is 0.0911. The van der Waals surface area contributed by atoms with Crippen LogP contribution < -0.4 is 10.5 Å². The van der Waals surface area contributed by atoms with Gasteiger partial charge in [-0.1, -0.05) is 32.3 Å². The average molecular weight is 383 g/mol. The van der Waals surface area contributed by atoms with Gasteiger partial charge in [-0.2, -0.15) is 0 Å². The molecule has 0 unspecified atom stereocenters. The number of ether oxygens (including phenoxy) is 1. The Morgan fingerprint density at radius 2 is 2.07 bits per heavy atom. The Labute approximate surface area is 166 Å². The van der Waals surface area contributed by atoms with E-state index in [-0.39, 0.29) is 17.0 Å². The van der Waals surface area contributed by atoms with Crippen LogP contribution in [0, 0.1) is 12.3 Å². The molecule has 3 rings (SSSR count). The van der Waals surface area contributed by atoms with Crippen LogP contribution in [0.1, 0.15) is 67.3 Å². The number of fused-ring (bicyclic) bond motifs is 1. The summed E-state index contributed by atoms with van der Waals surface area (Å²) >= 11 is 0. The van der Waals surface area contributed by atoms with Crippen LogP contribution in [0.5, 0.6) is 5.75 Å². The number of hydrogen-bond acceptors (Lipinski definition) is 4. The zero-order valence-electron chi connectivity index (χ0n) is 17.1. The quantitative estimate of drug-likeness (QED) is 0.257. The molecule has 6 nitrogen and oxygen atoms in total. The second kappa shape index (κ2) is 7.70. The van der Waals surface area contributed by atoms with Crippen LogP contribution in [0.3, 0.4) is 0 Å². The number of amidine groups is 1. The molecule has 1 aromatic carbocycles. The molecule has 1 heterocycles. The van der Waals surface area contributed by atoms with Gasteiger partial charge in [0, 0.05) is 28.9 Å². The van der Waals surface area contributed by atoms with Crippen molar-refractivity contribution < 1.29 is 14.7 Å². The van der Waals surface area contributed by atoms with Crippen molar-refractivity contribution in [3.05, 3.63) is 46.8 Å². The van der Waals surface area contributed by atoms with Gasteiger partial charge in [0.25, 0.3) is 0 Å². The number of oxime groups is 1. The monoisotopic (exact) mass is 383 g/mol. The van der Waals surface area contributed by atoms with Crippen LogP contribution in [-0.4, -0.2) is 28.0 Å². The minimum Gasteiger partial charge on any atom is -0.491 e. The number of nitrogens with two attached hydrogens (primary N) is 1. The van der Waals surface area contributed by atoms with Crippen molar-refractivity contribution in [2.24, 2.45) is 16.3 Å². The fourth-order valence-electron chi connectivity index (χ4n) is 3.84. The average Bonchev–Trinajstić information content (AvgIpc) is 2.96. The molecule has 0 saturated heterocycles. The summed E-state index contributed by atoms with van der Waals surface area (Å²) in [6, 6.07) is 7.48. The van der Waals surface area contributed by atoms with E-state index in [4.69, 9.17) is 15.7 Å². The summed E-state index contributed by atoms with van der Waals surface area (Å²) in [7, 11) is 0. The summed E-state index contributed by atoms with van der Waals surface area (Å²) in [4.78, 5) is 12.7. The van der Waals surface area contributed by atoms with Crippen LogP contribution in [0.2, 0.25) is 0 Å². The molecule has 2 aromatic rings. The number of rotatable bonds is 6. The highest BCUT2D eigenvalue weighted by atomic mass is 16.5. The van der Waals surface area contributed by atoms with E-state index in [9.17, 15) is 4.79 Å². The smallest absolute Gasteiger partial charge is 0.170 e. The standard InChI is InChI=1S/C22H29N3O3/c1-5-6-9-28-20-11-15(21(23)24-27)7-8-17(20)25-14(2)10-16-18(25)12-22(3,4)13-19(16)26/h7-8,10-11,27H,5-6,9,12-13H2,1-4H3,(H2,23,24). The van der Waals surface area contributed by atoms with Gasteiger partial charge in [-0.25, -0.2) is 0 Å². The first-order valence-corrected chi connectivity index (χ1v) is 9.77. The van der Waals surface area contributed by atoms with E-state index < -0.39 is 0 Å². The third-order valence-electron chi connectivity index (χ3n) is 5.23. The summed E-state index contributed by atoms with van der Waals surface area (Å²) in [5.74, 6) is 0.888. The molecule has 0 bridgehead atoms. The molecule has 3 N–H and O–H groups in total. The van der Waals surface area contributed by atoms with Gasteiger partial charge in [0.2, 0.25) is 0 Å². The molecule has 0 amide bonds. The lowest BCUT2D eigenvalue weighted by Crippen LogP contribution is -2.28. The van der Waals surface area contributed by atoms with Gasteiger partial charge < -0.3 is 20.2 Å². The summed E-state index contributed by atoms with van der Waals surface area (Å²) in [6.07, 6.45) is 3.33. The largest absolute Gasteiger partial charge is 0.491 e. The van der Waals surface area contributed by atoms with E-state index in [0.717, 1.165) is 41.9 Å². The summed E-state index contributed by atoms with van der Waals surface area (Å²) in [5, 5.41) is 12.1. The number of carbonyl (C=O) groups excluding carboxylic acids is 1. The van der Waals surface area contributed by atoms with Crippen molar-refractivity contribution in [2.45, 2.75) is 53.4 Å². The van der Waals surface area contributed by atoms with E-state index in [1.54, 1.807) is 12.1 Å². The minimum atomic E-state index is -0.0796. The molecular weight excluding hydrogens is 354 g/mol. The predicted octanol–water partition coefficient (Wildman–Crippen LogP) is 4.21. The Morgan fingerprint density at radius 3 is 2.75 bits per heavy atom. The highest BCUT2D eigenvalue weighted by Gasteiger charge is 2.34. The molecule has 150 valence electrons. The Balaban J connectivity index is 2.14. The number of Topliss-reactive ketones (excluding diaryl/α,β-unsaturated/α-hetero) is 1. The fourth-order valence-corrected chi connectivity index (χ4v) is 3.84. The van der Waals surface area contributed by atoms with Gasteiger partial charge in [-0.05, 0) is 49.4 Å². The van der Waals surface area contributed by atoms with Gasteiger partial charge in [0.15, 0.2) is 11.6 Å². The topological polar surface area (TPSA) is 89.8 Å². The molecule has 0 radical (unpaired) electrons. The van der Waals surface area contributed by atoms with E-state index in [2.05, 4.69) is 30.5 Å².